The van der Waals surface area contributed by atoms with E-state index in [1.54, 1.807) is 12.1 Å². The van der Waals surface area contributed by atoms with Gasteiger partial charge >= 0.3 is 5.97 Å². The molecule has 0 fully saturated rings. The third-order valence-electron chi connectivity index (χ3n) is 5.46. The van der Waals surface area contributed by atoms with Crippen molar-refractivity contribution in [3.8, 4) is 11.4 Å². The molecule has 0 aliphatic carbocycles. The lowest BCUT2D eigenvalue weighted by atomic mass is 10.1. The first-order valence-electron chi connectivity index (χ1n) is 10.4. The fourth-order valence-corrected chi connectivity index (χ4v) is 3.93. The van der Waals surface area contributed by atoms with Gasteiger partial charge in [0, 0.05) is 22.5 Å². The monoisotopic (exact) mass is 415 g/mol. The van der Waals surface area contributed by atoms with E-state index >= 15 is 0 Å². The Balaban J connectivity index is 1.41. The van der Waals surface area contributed by atoms with E-state index in [2.05, 4.69) is 90.0 Å². The molecule has 0 saturated heterocycles. The molecule has 0 N–H and O–H groups in total. The van der Waals surface area contributed by atoms with Crippen LogP contribution in [0.3, 0.4) is 0 Å². The first-order valence-corrected chi connectivity index (χ1v) is 10.4. The second-order valence-electron chi connectivity index (χ2n) is 7.49. The third-order valence-corrected chi connectivity index (χ3v) is 5.46. The highest BCUT2D eigenvalue weighted by molar-refractivity contribution is 6.09. The summed E-state index contributed by atoms with van der Waals surface area (Å²) in [5.41, 5.74) is 5.67. The van der Waals surface area contributed by atoms with Gasteiger partial charge in [-0.05, 0) is 47.5 Å². The average molecular weight is 415 g/mol. The van der Waals surface area contributed by atoms with Crippen LogP contribution in [0, 0.1) is 0 Å². The summed E-state index contributed by atoms with van der Waals surface area (Å²) in [6.45, 7) is 3.40. The average Bonchev–Trinajstić information content (AvgIpc) is 3.18. The predicted molar refractivity (Wildman–Crippen MR) is 132 cm³/mol. The Morgan fingerprint density at radius 3 is 1.72 bits per heavy atom. The minimum atomic E-state index is -0.461. The summed E-state index contributed by atoms with van der Waals surface area (Å²) in [4.78, 5) is 11.3. The molecule has 5 rings (SSSR count). The van der Waals surface area contributed by atoms with Crippen molar-refractivity contribution >= 4 is 39.9 Å². The summed E-state index contributed by atoms with van der Waals surface area (Å²) in [6, 6.07) is 32.9. The van der Waals surface area contributed by atoms with Crippen LogP contribution in [0.1, 0.15) is 11.1 Å². The van der Waals surface area contributed by atoms with Gasteiger partial charge in [0.1, 0.15) is 5.75 Å². The zero-order valence-electron chi connectivity index (χ0n) is 17.4. The fraction of sp³-hybridized carbons (Fsp3) is 0. The van der Waals surface area contributed by atoms with Gasteiger partial charge in [-0.2, -0.15) is 0 Å². The van der Waals surface area contributed by atoms with Crippen molar-refractivity contribution in [3.05, 3.63) is 121 Å². The number of benzene rings is 4. The minimum Gasteiger partial charge on any atom is -0.423 e. The summed E-state index contributed by atoms with van der Waals surface area (Å²) in [5, 5.41) is 2.52. The number of carbonyl (C=O) groups excluding carboxylic acids is 1. The van der Waals surface area contributed by atoms with Crippen LogP contribution in [0.5, 0.6) is 5.75 Å². The maximum atomic E-state index is 11.3. The first kappa shape index (κ1) is 19.6. The van der Waals surface area contributed by atoms with Crippen LogP contribution in [0.15, 0.2) is 110 Å². The molecule has 3 nitrogen and oxygen atoms in total. The topological polar surface area (TPSA) is 31.2 Å². The summed E-state index contributed by atoms with van der Waals surface area (Å²) in [7, 11) is 0. The second kappa shape index (κ2) is 8.40. The lowest BCUT2D eigenvalue weighted by molar-refractivity contribution is -0.128. The van der Waals surface area contributed by atoms with Crippen molar-refractivity contribution < 1.29 is 9.53 Å². The van der Waals surface area contributed by atoms with Crippen LogP contribution in [0.2, 0.25) is 0 Å². The van der Waals surface area contributed by atoms with Gasteiger partial charge in [-0.25, -0.2) is 4.79 Å². The van der Waals surface area contributed by atoms with E-state index in [9.17, 15) is 4.79 Å². The van der Waals surface area contributed by atoms with Gasteiger partial charge in [0.25, 0.3) is 0 Å². The highest BCUT2D eigenvalue weighted by Crippen LogP contribution is 2.31. The number of aromatic nitrogens is 1. The SMILES string of the molecule is C=CC(=O)Oc1ccc(C=Cc2ccc(-n3c4ccccc4c4ccccc43)cc2)cc1. The van der Waals surface area contributed by atoms with Gasteiger partial charge in [0.15, 0.2) is 0 Å². The van der Waals surface area contributed by atoms with Crippen molar-refractivity contribution in [1.29, 1.82) is 0 Å². The Labute approximate surface area is 186 Å². The molecule has 0 bridgehead atoms. The Hall–Kier alpha value is -4.37. The highest BCUT2D eigenvalue weighted by atomic mass is 16.5. The largest absolute Gasteiger partial charge is 0.423 e. The van der Waals surface area contributed by atoms with Gasteiger partial charge in [0.2, 0.25) is 0 Å². The molecule has 1 heterocycles. The van der Waals surface area contributed by atoms with E-state index in [0.717, 1.165) is 22.9 Å². The molecule has 4 aromatic carbocycles. The molecule has 0 spiro atoms. The molecular weight excluding hydrogens is 394 g/mol. The molecule has 0 saturated carbocycles. The van der Waals surface area contributed by atoms with Crippen LogP contribution in [0.4, 0.5) is 0 Å². The normalized spacial score (nSPS) is 11.2. The molecule has 154 valence electrons. The maximum absolute atomic E-state index is 11.3. The maximum Gasteiger partial charge on any atom is 0.335 e. The molecule has 5 aromatic rings. The summed E-state index contributed by atoms with van der Waals surface area (Å²) >= 11 is 0. The van der Waals surface area contributed by atoms with E-state index in [4.69, 9.17) is 4.74 Å². The van der Waals surface area contributed by atoms with Crippen LogP contribution in [0.25, 0.3) is 39.6 Å². The van der Waals surface area contributed by atoms with Gasteiger partial charge < -0.3 is 9.30 Å². The van der Waals surface area contributed by atoms with E-state index in [0.29, 0.717) is 5.75 Å². The number of ether oxygens (including phenoxy) is 1. The Morgan fingerprint density at radius 2 is 1.19 bits per heavy atom. The number of para-hydroxylation sites is 2. The second-order valence-corrected chi connectivity index (χ2v) is 7.49. The molecule has 1 aromatic heterocycles. The number of carbonyl (C=O) groups is 1. The summed E-state index contributed by atoms with van der Waals surface area (Å²) in [5.74, 6) is 0.0409. The van der Waals surface area contributed by atoms with Crippen molar-refractivity contribution in [2.45, 2.75) is 0 Å². The van der Waals surface area contributed by atoms with Crippen molar-refractivity contribution in [2.75, 3.05) is 0 Å². The van der Waals surface area contributed by atoms with E-state index < -0.39 is 5.97 Å². The van der Waals surface area contributed by atoms with Crippen molar-refractivity contribution in [1.82, 2.24) is 4.57 Å². The molecule has 0 amide bonds. The highest BCUT2D eigenvalue weighted by Gasteiger charge is 2.10. The third kappa shape index (κ3) is 3.72. The Morgan fingerprint density at radius 1 is 0.688 bits per heavy atom. The Kier molecular flexibility index (Phi) is 5.14. The fourth-order valence-electron chi connectivity index (χ4n) is 3.93. The minimum absolute atomic E-state index is 0.461. The molecule has 0 atom stereocenters. The van der Waals surface area contributed by atoms with E-state index in [1.165, 1.54) is 21.8 Å². The van der Waals surface area contributed by atoms with Gasteiger partial charge in [-0.1, -0.05) is 79.4 Å². The molecule has 0 aliphatic heterocycles. The number of nitrogens with zero attached hydrogens (tertiary/aromatic N) is 1. The number of hydrogen-bond donors (Lipinski definition) is 0. The molecule has 3 heteroatoms. The zero-order valence-corrected chi connectivity index (χ0v) is 17.4. The molecule has 32 heavy (non-hydrogen) atoms. The zero-order chi connectivity index (χ0) is 21.9. The number of esters is 1. The van der Waals surface area contributed by atoms with Crippen LogP contribution < -0.4 is 4.74 Å². The summed E-state index contributed by atoms with van der Waals surface area (Å²) < 4.78 is 7.41. The number of hydrogen-bond acceptors (Lipinski definition) is 2. The smallest absolute Gasteiger partial charge is 0.335 e. The van der Waals surface area contributed by atoms with Gasteiger partial charge in [0.05, 0.1) is 11.0 Å². The van der Waals surface area contributed by atoms with Crippen LogP contribution in [-0.4, -0.2) is 10.5 Å². The number of rotatable bonds is 5. The lowest BCUT2D eigenvalue weighted by Crippen LogP contribution is -2.02. The van der Waals surface area contributed by atoms with E-state index in [1.807, 2.05) is 18.2 Å². The van der Waals surface area contributed by atoms with Crippen LogP contribution in [-0.2, 0) is 4.79 Å². The quantitative estimate of drug-likeness (QED) is 0.133. The molecule has 0 unspecified atom stereocenters. The number of fused-ring (bicyclic) bond motifs is 3. The van der Waals surface area contributed by atoms with E-state index in [-0.39, 0.29) is 0 Å². The standard InChI is InChI=1S/C29H21NO2/c1-2-29(31)32-24-19-15-22(16-20-24)12-11-21-13-17-23(18-14-21)30-27-9-5-3-7-25(27)26-8-4-6-10-28(26)30/h2-20H,1H2. The first-order chi connectivity index (χ1) is 15.7. The van der Waals surface area contributed by atoms with Crippen molar-refractivity contribution in [2.24, 2.45) is 0 Å². The van der Waals surface area contributed by atoms with Crippen molar-refractivity contribution in [3.63, 3.8) is 0 Å². The van der Waals surface area contributed by atoms with Crippen LogP contribution >= 0.6 is 0 Å². The lowest BCUT2D eigenvalue weighted by Gasteiger charge is -2.08. The Bertz CT molecular complexity index is 1400. The predicted octanol–water partition coefficient (Wildman–Crippen LogP) is 7.05. The molecule has 0 radical (unpaired) electrons. The van der Waals surface area contributed by atoms with Gasteiger partial charge in [-0.15, -0.1) is 0 Å². The molecular formula is C29H21NO2. The summed E-state index contributed by atoms with van der Waals surface area (Å²) in [6.07, 6.45) is 5.26. The van der Waals surface area contributed by atoms with Gasteiger partial charge in [-0.3, -0.25) is 0 Å². The molecule has 0 aliphatic rings.